The summed E-state index contributed by atoms with van der Waals surface area (Å²) >= 11 is 0. The van der Waals surface area contributed by atoms with Crippen LogP contribution in [0.5, 0.6) is 5.75 Å². The second kappa shape index (κ2) is 2.42. The molecule has 0 bridgehead atoms. The van der Waals surface area contributed by atoms with Gasteiger partial charge in [-0.3, -0.25) is 4.79 Å². The molecule has 3 nitrogen and oxygen atoms in total. The van der Waals surface area contributed by atoms with Crippen molar-refractivity contribution >= 4 is 0 Å². The zero-order valence-corrected chi connectivity index (χ0v) is 6.09. The molecule has 0 saturated carbocycles. The predicted molar refractivity (Wildman–Crippen MR) is 40.9 cm³/mol. The van der Waals surface area contributed by atoms with E-state index >= 15 is 0 Å². The van der Waals surface area contributed by atoms with Crippen molar-refractivity contribution in [1.29, 1.82) is 0 Å². The first kappa shape index (κ1) is 6.46. The maximum Gasteiger partial charge on any atom is 0.223 e. The van der Waals surface area contributed by atoms with Gasteiger partial charge in [0.25, 0.3) is 0 Å². The van der Waals surface area contributed by atoms with Crippen LogP contribution in [-0.4, -0.2) is 11.6 Å². The molecule has 1 aromatic rings. The summed E-state index contributed by atoms with van der Waals surface area (Å²) in [6, 6.07) is 1.49. The minimum Gasteiger partial charge on any atom is -0.488 e. The van der Waals surface area contributed by atoms with Gasteiger partial charge < -0.3 is 9.72 Å². The standard InChI is InChI=1S/C8H9NO2/c10-7-3-4-9-6-2-1-5-11-8(6)7/h3-4H,1-2,5H2,(H,9,10). The van der Waals surface area contributed by atoms with Crippen LogP contribution in [0.2, 0.25) is 0 Å². The van der Waals surface area contributed by atoms with Crippen LogP contribution < -0.4 is 10.2 Å². The summed E-state index contributed by atoms with van der Waals surface area (Å²) < 4.78 is 5.21. The molecule has 1 aromatic heterocycles. The van der Waals surface area contributed by atoms with Gasteiger partial charge in [-0.25, -0.2) is 0 Å². The van der Waals surface area contributed by atoms with Crippen LogP contribution in [0.25, 0.3) is 0 Å². The van der Waals surface area contributed by atoms with Crippen LogP contribution in [0, 0.1) is 0 Å². The second-order valence-corrected chi connectivity index (χ2v) is 2.60. The van der Waals surface area contributed by atoms with Crippen molar-refractivity contribution in [2.45, 2.75) is 12.8 Å². The SMILES string of the molecule is O=c1cc[nH]c2c1OCCC2. The summed E-state index contributed by atoms with van der Waals surface area (Å²) in [6.45, 7) is 0.667. The summed E-state index contributed by atoms with van der Waals surface area (Å²) in [5.74, 6) is 0.513. The molecule has 0 aromatic carbocycles. The third-order valence-electron chi connectivity index (χ3n) is 1.81. The Morgan fingerprint density at radius 2 is 2.45 bits per heavy atom. The molecule has 1 aliphatic heterocycles. The van der Waals surface area contributed by atoms with Gasteiger partial charge in [-0.15, -0.1) is 0 Å². The van der Waals surface area contributed by atoms with E-state index in [1.807, 2.05) is 0 Å². The maximum atomic E-state index is 11.1. The number of H-pyrrole nitrogens is 1. The Labute approximate surface area is 64.0 Å². The highest BCUT2D eigenvalue weighted by Gasteiger charge is 2.12. The van der Waals surface area contributed by atoms with Gasteiger partial charge in [-0.1, -0.05) is 0 Å². The normalized spacial score (nSPS) is 15.3. The zero-order valence-electron chi connectivity index (χ0n) is 6.09. The summed E-state index contributed by atoms with van der Waals surface area (Å²) in [6.07, 6.45) is 3.58. The van der Waals surface area contributed by atoms with E-state index in [9.17, 15) is 4.79 Å². The molecule has 1 aliphatic rings. The summed E-state index contributed by atoms with van der Waals surface area (Å²) in [5, 5.41) is 0. The largest absolute Gasteiger partial charge is 0.488 e. The zero-order chi connectivity index (χ0) is 7.68. The van der Waals surface area contributed by atoms with Crippen molar-refractivity contribution < 1.29 is 4.74 Å². The molecule has 11 heavy (non-hydrogen) atoms. The second-order valence-electron chi connectivity index (χ2n) is 2.60. The molecule has 0 saturated heterocycles. The fourth-order valence-electron chi connectivity index (χ4n) is 1.28. The minimum atomic E-state index is -0.0153. The van der Waals surface area contributed by atoms with E-state index in [1.165, 1.54) is 6.07 Å². The Hall–Kier alpha value is -1.25. The van der Waals surface area contributed by atoms with E-state index in [0.717, 1.165) is 18.5 Å². The monoisotopic (exact) mass is 151 g/mol. The lowest BCUT2D eigenvalue weighted by molar-refractivity contribution is 0.282. The molecule has 1 N–H and O–H groups in total. The number of aryl methyl sites for hydroxylation is 1. The molecule has 0 aliphatic carbocycles. The first-order valence-electron chi connectivity index (χ1n) is 3.71. The highest BCUT2D eigenvalue weighted by molar-refractivity contribution is 5.28. The number of aromatic nitrogens is 1. The lowest BCUT2D eigenvalue weighted by atomic mass is 10.2. The van der Waals surface area contributed by atoms with Crippen LogP contribution in [-0.2, 0) is 6.42 Å². The van der Waals surface area contributed by atoms with Gasteiger partial charge >= 0.3 is 0 Å². The smallest absolute Gasteiger partial charge is 0.223 e. The van der Waals surface area contributed by atoms with Crippen molar-refractivity contribution in [2.24, 2.45) is 0 Å². The highest BCUT2D eigenvalue weighted by Crippen LogP contribution is 2.16. The lowest BCUT2D eigenvalue weighted by Crippen LogP contribution is -2.17. The highest BCUT2D eigenvalue weighted by atomic mass is 16.5. The maximum absolute atomic E-state index is 11.1. The molecule has 0 amide bonds. The van der Waals surface area contributed by atoms with Crippen molar-refractivity contribution in [3.63, 3.8) is 0 Å². The molecule has 0 fully saturated rings. The summed E-state index contributed by atoms with van der Waals surface area (Å²) in [5.41, 5.74) is 0.919. The predicted octanol–water partition coefficient (Wildman–Crippen LogP) is 0.700. The minimum absolute atomic E-state index is 0.0153. The molecule has 0 radical (unpaired) electrons. The quantitative estimate of drug-likeness (QED) is 0.593. The van der Waals surface area contributed by atoms with Crippen molar-refractivity contribution in [2.75, 3.05) is 6.61 Å². The fourth-order valence-corrected chi connectivity index (χ4v) is 1.28. The van der Waals surface area contributed by atoms with Gasteiger partial charge in [0.1, 0.15) is 0 Å². The molecule has 0 unspecified atom stereocenters. The molecule has 3 heteroatoms. The average molecular weight is 151 g/mol. The topological polar surface area (TPSA) is 42.1 Å². The van der Waals surface area contributed by atoms with E-state index in [2.05, 4.69) is 4.98 Å². The molecular weight excluding hydrogens is 142 g/mol. The Balaban J connectivity index is 2.58. The Bertz CT molecular complexity index is 316. The van der Waals surface area contributed by atoms with Crippen LogP contribution in [0.4, 0.5) is 0 Å². The number of ether oxygens (including phenoxy) is 1. The number of fused-ring (bicyclic) bond motifs is 1. The van der Waals surface area contributed by atoms with Gasteiger partial charge in [0.2, 0.25) is 5.43 Å². The molecule has 0 atom stereocenters. The van der Waals surface area contributed by atoms with Crippen molar-refractivity contribution in [3.05, 3.63) is 28.2 Å². The Morgan fingerprint density at radius 3 is 3.27 bits per heavy atom. The van der Waals surface area contributed by atoms with Crippen LogP contribution in [0.1, 0.15) is 12.1 Å². The number of nitrogens with one attached hydrogen (secondary N) is 1. The van der Waals surface area contributed by atoms with E-state index in [4.69, 9.17) is 4.74 Å². The number of hydrogen-bond acceptors (Lipinski definition) is 2. The molecule has 2 heterocycles. The van der Waals surface area contributed by atoms with Gasteiger partial charge in [0.05, 0.1) is 12.3 Å². The van der Waals surface area contributed by atoms with Crippen molar-refractivity contribution in [1.82, 2.24) is 4.98 Å². The number of aromatic amines is 1. The van der Waals surface area contributed by atoms with Crippen LogP contribution in [0.3, 0.4) is 0 Å². The number of pyridine rings is 1. The summed E-state index contributed by atoms with van der Waals surface area (Å²) in [4.78, 5) is 14.1. The lowest BCUT2D eigenvalue weighted by Gasteiger charge is -2.14. The third-order valence-corrected chi connectivity index (χ3v) is 1.81. The van der Waals surface area contributed by atoms with Gasteiger partial charge in [0.15, 0.2) is 5.75 Å². The number of rotatable bonds is 0. The van der Waals surface area contributed by atoms with Crippen molar-refractivity contribution in [3.8, 4) is 5.75 Å². The average Bonchev–Trinajstić information content (AvgIpc) is 2.06. The fraction of sp³-hybridized carbons (Fsp3) is 0.375. The van der Waals surface area contributed by atoms with Gasteiger partial charge in [-0.05, 0) is 12.8 Å². The van der Waals surface area contributed by atoms with Crippen LogP contribution >= 0.6 is 0 Å². The van der Waals surface area contributed by atoms with E-state index in [-0.39, 0.29) is 5.43 Å². The Kier molecular flexibility index (Phi) is 1.42. The molecule has 2 rings (SSSR count). The van der Waals surface area contributed by atoms with Gasteiger partial charge in [-0.2, -0.15) is 0 Å². The third kappa shape index (κ3) is 1.02. The van der Waals surface area contributed by atoms with Gasteiger partial charge in [0, 0.05) is 12.3 Å². The molecule has 58 valence electrons. The molecule has 0 spiro atoms. The molecular formula is C8H9NO2. The van der Waals surface area contributed by atoms with E-state index < -0.39 is 0 Å². The summed E-state index contributed by atoms with van der Waals surface area (Å²) in [7, 11) is 0. The van der Waals surface area contributed by atoms with E-state index in [0.29, 0.717) is 12.4 Å². The first-order valence-corrected chi connectivity index (χ1v) is 3.71. The first-order chi connectivity index (χ1) is 5.38. The van der Waals surface area contributed by atoms with Crippen LogP contribution in [0.15, 0.2) is 17.1 Å². The Morgan fingerprint density at radius 1 is 1.55 bits per heavy atom. The van der Waals surface area contributed by atoms with E-state index in [1.54, 1.807) is 6.20 Å². The number of hydrogen-bond donors (Lipinski definition) is 1.